The smallest absolute Gasteiger partial charge is 0.354 e. The average Bonchev–Trinajstić information content (AvgIpc) is 2.23. The first-order valence-corrected chi connectivity index (χ1v) is 5.18. The molecule has 0 bridgehead atoms. The van der Waals surface area contributed by atoms with E-state index in [1.165, 1.54) is 0 Å². The van der Waals surface area contributed by atoms with Crippen LogP contribution in [0.4, 0.5) is 19.1 Å². The van der Waals surface area contributed by atoms with Crippen molar-refractivity contribution in [1.82, 2.24) is 14.9 Å². The Labute approximate surface area is 97.9 Å². The van der Waals surface area contributed by atoms with Crippen molar-refractivity contribution in [3.63, 3.8) is 0 Å². The van der Waals surface area contributed by atoms with Crippen molar-refractivity contribution in [3.8, 4) is 0 Å². The lowest BCUT2D eigenvalue weighted by atomic mass is 10.4. The maximum Gasteiger partial charge on any atom is 0.433 e. The molecular formula is C10H15F3N4. The fourth-order valence-corrected chi connectivity index (χ4v) is 1.20. The summed E-state index contributed by atoms with van der Waals surface area (Å²) in [5.41, 5.74) is -0.928. The van der Waals surface area contributed by atoms with Gasteiger partial charge in [0.2, 0.25) is 5.95 Å². The topological polar surface area (TPSA) is 41.0 Å². The molecule has 0 aromatic carbocycles. The summed E-state index contributed by atoms with van der Waals surface area (Å²) in [7, 11) is 3.86. The highest BCUT2D eigenvalue weighted by atomic mass is 19.4. The molecule has 0 amide bonds. The van der Waals surface area contributed by atoms with Crippen molar-refractivity contribution in [2.45, 2.75) is 12.6 Å². The first kappa shape index (κ1) is 13.7. The van der Waals surface area contributed by atoms with E-state index in [1.807, 2.05) is 19.0 Å². The molecule has 17 heavy (non-hydrogen) atoms. The van der Waals surface area contributed by atoms with Crippen LogP contribution in [0.5, 0.6) is 0 Å². The van der Waals surface area contributed by atoms with Crippen molar-refractivity contribution < 1.29 is 13.2 Å². The first-order chi connectivity index (χ1) is 7.89. The molecule has 96 valence electrons. The molecule has 1 N–H and O–H groups in total. The molecule has 1 aromatic rings. The van der Waals surface area contributed by atoms with Crippen molar-refractivity contribution in [2.24, 2.45) is 0 Å². The van der Waals surface area contributed by atoms with Gasteiger partial charge in [-0.3, -0.25) is 0 Å². The van der Waals surface area contributed by atoms with Crippen LogP contribution in [0.15, 0.2) is 12.3 Å². The average molecular weight is 248 g/mol. The number of anilines is 1. The maximum absolute atomic E-state index is 12.3. The van der Waals surface area contributed by atoms with E-state index in [1.54, 1.807) is 0 Å². The van der Waals surface area contributed by atoms with Gasteiger partial charge in [-0.15, -0.1) is 0 Å². The molecule has 1 rings (SSSR count). The third-order valence-corrected chi connectivity index (χ3v) is 2.01. The quantitative estimate of drug-likeness (QED) is 0.807. The van der Waals surface area contributed by atoms with Gasteiger partial charge < -0.3 is 10.2 Å². The number of hydrogen-bond donors (Lipinski definition) is 1. The highest BCUT2D eigenvalue weighted by Crippen LogP contribution is 2.27. The van der Waals surface area contributed by atoms with Crippen LogP contribution in [0, 0.1) is 0 Å². The standard InChI is InChI=1S/C10H15F3N4/c1-17(2)7-3-5-14-9-15-6-4-8(16-9)10(11,12)13/h4,6H,3,5,7H2,1-2H3,(H,14,15,16). The molecule has 1 aromatic heterocycles. The second-order valence-electron chi connectivity index (χ2n) is 3.85. The van der Waals surface area contributed by atoms with Crippen molar-refractivity contribution in [2.75, 3.05) is 32.5 Å². The number of rotatable bonds is 5. The summed E-state index contributed by atoms with van der Waals surface area (Å²) in [6, 6.07) is 0.852. The van der Waals surface area contributed by atoms with Gasteiger partial charge in [-0.1, -0.05) is 0 Å². The number of halogens is 3. The molecule has 0 radical (unpaired) electrons. The SMILES string of the molecule is CN(C)CCCNc1nccc(C(F)(F)F)n1. The summed E-state index contributed by atoms with van der Waals surface area (Å²) in [5.74, 6) is 0.0126. The molecule has 1 heterocycles. The third-order valence-electron chi connectivity index (χ3n) is 2.01. The van der Waals surface area contributed by atoms with Crippen LogP contribution in [-0.2, 0) is 6.18 Å². The van der Waals surface area contributed by atoms with Gasteiger partial charge in [0.15, 0.2) is 0 Å². The lowest BCUT2D eigenvalue weighted by molar-refractivity contribution is -0.141. The van der Waals surface area contributed by atoms with E-state index in [4.69, 9.17) is 0 Å². The summed E-state index contributed by atoms with van der Waals surface area (Å²) in [4.78, 5) is 9.13. The van der Waals surface area contributed by atoms with Gasteiger partial charge in [0.25, 0.3) is 0 Å². The van der Waals surface area contributed by atoms with Gasteiger partial charge in [0.05, 0.1) is 0 Å². The van der Waals surface area contributed by atoms with E-state index in [9.17, 15) is 13.2 Å². The summed E-state index contributed by atoms with van der Waals surface area (Å²) in [5, 5.41) is 2.76. The van der Waals surface area contributed by atoms with Crippen LogP contribution in [0.25, 0.3) is 0 Å². The van der Waals surface area contributed by atoms with E-state index in [0.717, 1.165) is 25.2 Å². The molecule has 7 heteroatoms. The van der Waals surface area contributed by atoms with Crippen LogP contribution in [0.1, 0.15) is 12.1 Å². The van der Waals surface area contributed by atoms with E-state index in [2.05, 4.69) is 15.3 Å². The van der Waals surface area contributed by atoms with Gasteiger partial charge in [0, 0.05) is 12.7 Å². The summed E-state index contributed by atoms with van der Waals surface area (Å²) < 4.78 is 37.0. The van der Waals surface area contributed by atoms with E-state index >= 15 is 0 Å². The lowest BCUT2D eigenvalue weighted by Gasteiger charge is -2.10. The van der Waals surface area contributed by atoms with Crippen molar-refractivity contribution in [1.29, 1.82) is 0 Å². The highest BCUT2D eigenvalue weighted by molar-refractivity contribution is 5.25. The fourth-order valence-electron chi connectivity index (χ4n) is 1.20. The summed E-state index contributed by atoms with van der Waals surface area (Å²) in [6.45, 7) is 1.39. The minimum Gasteiger partial charge on any atom is -0.354 e. The molecule has 0 unspecified atom stereocenters. The monoisotopic (exact) mass is 248 g/mol. The second kappa shape index (κ2) is 5.81. The van der Waals surface area contributed by atoms with Gasteiger partial charge in [-0.25, -0.2) is 9.97 Å². The predicted molar refractivity (Wildman–Crippen MR) is 58.7 cm³/mol. The van der Waals surface area contributed by atoms with Crippen LogP contribution < -0.4 is 5.32 Å². The third kappa shape index (κ3) is 4.99. The minimum absolute atomic E-state index is 0.0126. The van der Waals surface area contributed by atoms with Gasteiger partial charge in [-0.2, -0.15) is 13.2 Å². The number of hydrogen-bond acceptors (Lipinski definition) is 4. The summed E-state index contributed by atoms with van der Waals surface area (Å²) in [6.07, 6.45) is -2.51. The minimum atomic E-state index is -4.43. The fraction of sp³-hybridized carbons (Fsp3) is 0.600. The zero-order valence-electron chi connectivity index (χ0n) is 9.75. The van der Waals surface area contributed by atoms with E-state index in [0.29, 0.717) is 6.54 Å². The van der Waals surface area contributed by atoms with E-state index in [-0.39, 0.29) is 5.95 Å². The zero-order chi connectivity index (χ0) is 12.9. The first-order valence-electron chi connectivity index (χ1n) is 5.18. The highest BCUT2D eigenvalue weighted by Gasteiger charge is 2.32. The van der Waals surface area contributed by atoms with Gasteiger partial charge in [0.1, 0.15) is 5.69 Å². The molecule has 0 atom stereocenters. The number of nitrogens with one attached hydrogen (secondary N) is 1. The maximum atomic E-state index is 12.3. The van der Waals surface area contributed by atoms with E-state index < -0.39 is 11.9 Å². The zero-order valence-corrected chi connectivity index (χ0v) is 9.75. The van der Waals surface area contributed by atoms with Crippen LogP contribution >= 0.6 is 0 Å². The number of alkyl halides is 3. The molecule has 0 saturated heterocycles. The van der Waals surface area contributed by atoms with Crippen LogP contribution in [-0.4, -0.2) is 42.1 Å². The molecule has 0 aliphatic heterocycles. The van der Waals surface area contributed by atoms with Crippen molar-refractivity contribution in [3.05, 3.63) is 18.0 Å². The molecule has 0 aliphatic carbocycles. The van der Waals surface area contributed by atoms with Gasteiger partial charge in [-0.05, 0) is 33.1 Å². The Balaban J connectivity index is 2.49. The normalized spacial score (nSPS) is 11.9. The Bertz CT molecular complexity index is 352. The van der Waals surface area contributed by atoms with Crippen LogP contribution in [0.2, 0.25) is 0 Å². The largest absolute Gasteiger partial charge is 0.433 e. The Morgan fingerprint density at radius 2 is 2.06 bits per heavy atom. The Hall–Kier alpha value is -1.37. The molecule has 0 spiro atoms. The molecule has 0 aliphatic rings. The van der Waals surface area contributed by atoms with Crippen molar-refractivity contribution >= 4 is 5.95 Å². The lowest BCUT2D eigenvalue weighted by Crippen LogP contribution is -2.17. The molecule has 0 fully saturated rings. The molecule has 4 nitrogen and oxygen atoms in total. The molecule has 0 saturated carbocycles. The molecular weight excluding hydrogens is 233 g/mol. The second-order valence-corrected chi connectivity index (χ2v) is 3.85. The number of nitrogens with zero attached hydrogens (tertiary/aromatic N) is 3. The Kier molecular flexibility index (Phi) is 4.68. The van der Waals surface area contributed by atoms with Gasteiger partial charge >= 0.3 is 6.18 Å². The van der Waals surface area contributed by atoms with Crippen LogP contribution in [0.3, 0.4) is 0 Å². The Morgan fingerprint density at radius 3 is 2.65 bits per heavy atom. The Morgan fingerprint density at radius 1 is 1.35 bits per heavy atom. The number of aromatic nitrogens is 2. The predicted octanol–water partition coefficient (Wildman–Crippen LogP) is 1.86. The summed E-state index contributed by atoms with van der Waals surface area (Å²) >= 11 is 0.